The largest absolute Gasteiger partial charge is 0.337 e. The van der Waals surface area contributed by atoms with Crippen LogP contribution in [-0.4, -0.2) is 51.7 Å². The van der Waals surface area contributed by atoms with Gasteiger partial charge in [-0.1, -0.05) is 6.07 Å². The van der Waals surface area contributed by atoms with Crippen LogP contribution in [-0.2, 0) is 13.6 Å². The Morgan fingerprint density at radius 2 is 2.18 bits per heavy atom. The third kappa shape index (κ3) is 3.23. The standard InChI is InChI=1S/C16H22N4OS/c1-13-15(11-17-18(13)2)16(21)20-7-4-6-19(8-9-20)12-14-5-3-10-22-14/h3,5,10-11H,4,6-9,12H2,1-2H3. The minimum absolute atomic E-state index is 0.114. The van der Waals surface area contributed by atoms with Crippen LogP contribution in [0, 0.1) is 6.92 Å². The van der Waals surface area contributed by atoms with Gasteiger partial charge in [-0.3, -0.25) is 14.4 Å². The number of nitrogens with zero attached hydrogens (tertiary/aromatic N) is 4. The Labute approximate surface area is 135 Å². The van der Waals surface area contributed by atoms with Crippen molar-refractivity contribution in [3.05, 3.63) is 39.8 Å². The third-order valence-electron chi connectivity index (χ3n) is 4.30. The van der Waals surface area contributed by atoms with E-state index in [0.29, 0.717) is 0 Å². The van der Waals surface area contributed by atoms with Crippen LogP contribution < -0.4 is 0 Å². The van der Waals surface area contributed by atoms with Gasteiger partial charge < -0.3 is 4.90 Å². The van der Waals surface area contributed by atoms with Crippen LogP contribution in [0.4, 0.5) is 0 Å². The van der Waals surface area contributed by atoms with Crippen molar-refractivity contribution in [2.75, 3.05) is 26.2 Å². The molecule has 0 atom stereocenters. The van der Waals surface area contributed by atoms with Gasteiger partial charge >= 0.3 is 0 Å². The highest BCUT2D eigenvalue weighted by molar-refractivity contribution is 7.09. The smallest absolute Gasteiger partial charge is 0.257 e. The van der Waals surface area contributed by atoms with Crippen LogP contribution in [0.1, 0.15) is 27.3 Å². The number of aryl methyl sites for hydroxylation is 1. The summed E-state index contributed by atoms with van der Waals surface area (Å²) in [6.07, 6.45) is 2.71. The van der Waals surface area contributed by atoms with E-state index in [4.69, 9.17) is 0 Å². The van der Waals surface area contributed by atoms with Gasteiger partial charge in [-0.05, 0) is 24.8 Å². The molecule has 1 amide bonds. The number of carbonyl (C=O) groups is 1. The summed E-state index contributed by atoms with van der Waals surface area (Å²) in [4.78, 5) is 18.5. The summed E-state index contributed by atoms with van der Waals surface area (Å²) in [6.45, 7) is 6.54. The van der Waals surface area contributed by atoms with E-state index in [0.717, 1.165) is 50.4 Å². The van der Waals surface area contributed by atoms with Crippen LogP contribution in [0.3, 0.4) is 0 Å². The Hall–Kier alpha value is -1.66. The van der Waals surface area contributed by atoms with E-state index >= 15 is 0 Å². The van der Waals surface area contributed by atoms with Gasteiger partial charge in [0.2, 0.25) is 0 Å². The molecule has 1 fully saturated rings. The van der Waals surface area contributed by atoms with Gasteiger partial charge in [0, 0.05) is 50.3 Å². The zero-order valence-electron chi connectivity index (χ0n) is 13.2. The fraction of sp³-hybridized carbons (Fsp3) is 0.500. The first-order chi connectivity index (χ1) is 10.6. The Balaban J connectivity index is 1.62. The first-order valence-corrected chi connectivity index (χ1v) is 8.55. The first kappa shape index (κ1) is 15.2. The SMILES string of the molecule is Cc1c(C(=O)N2CCCN(Cc3cccs3)CC2)cnn1C. The maximum Gasteiger partial charge on any atom is 0.257 e. The summed E-state index contributed by atoms with van der Waals surface area (Å²) < 4.78 is 1.76. The Morgan fingerprint density at radius 3 is 2.86 bits per heavy atom. The van der Waals surface area contributed by atoms with E-state index in [-0.39, 0.29) is 5.91 Å². The number of amides is 1. The molecule has 1 aliphatic heterocycles. The predicted molar refractivity (Wildman–Crippen MR) is 88.1 cm³/mol. The topological polar surface area (TPSA) is 41.4 Å². The lowest BCUT2D eigenvalue weighted by Gasteiger charge is -2.21. The molecular formula is C16H22N4OS. The van der Waals surface area contributed by atoms with E-state index < -0.39 is 0 Å². The fourth-order valence-electron chi connectivity index (χ4n) is 2.83. The quantitative estimate of drug-likeness (QED) is 0.871. The van der Waals surface area contributed by atoms with Gasteiger partial charge in [-0.25, -0.2) is 0 Å². The first-order valence-electron chi connectivity index (χ1n) is 7.68. The van der Waals surface area contributed by atoms with Crippen LogP contribution in [0.25, 0.3) is 0 Å². The van der Waals surface area contributed by atoms with Crippen molar-refractivity contribution in [1.82, 2.24) is 19.6 Å². The average molecular weight is 318 g/mol. The summed E-state index contributed by atoms with van der Waals surface area (Å²) in [5.41, 5.74) is 1.67. The van der Waals surface area contributed by atoms with Gasteiger partial charge in [-0.15, -0.1) is 11.3 Å². The minimum atomic E-state index is 0.114. The molecule has 0 N–H and O–H groups in total. The molecule has 0 unspecified atom stereocenters. The number of aromatic nitrogens is 2. The molecule has 2 aromatic rings. The van der Waals surface area contributed by atoms with Crippen molar-refractivity contribution in [3.63, 3.8) is 0 Å². The third-order valence-corrected chi connectivity index (χ3v) is 5.16. The molecule has 0 spiro atoms. The summed E-state index contributed by atoms with van der Waals surface area (Å²) in [7, 11) is 1.87. The molecule has 0 aromatic carbocycles. The van der Waals surface area contributed by atoms with Crippen LogP contribution in [0.15, 0.2) is 23.7 Å². The molecule has 0 bridgehead atoms. The van der Waals surface area contributed by atoms with Crippen molar-refractivity contribution in [2.24, 2.45) is 7.05 Å². The van der Waals surface area contributed by atoms with E-state index in [2.05, 4.69) is 27.5 Å². The molecular weight excluding hydrogens is 296 g/mol. The highest BCUT2D eigenvalue weighted by atomic mass is 32.1. The van der Waals surface area contributed by atoms with Crippen LogP contribution >= 0.6 is 11.3 Å². The van der Waals surface area contributed by atoms with Crippen molar-refractivity contribution >= 4 is 17.2 Å². The average Bonchev–Trinajstić information content (AvgIpc) is 3.05. The number of rotatable bonds is 3. The van der Waals surface area contributed by atoms with E-state index in [1.54, 1.807) is 22.2 Å². The molecule has 0 aliphatic carbocycles. The molecule has 0 saturated carbocycles. The van der Waals surface area contributed by atoms with Crippen molar-refractivity contribution in [3.8, 4) is 0 Å². The van der Waals surface area contributed by atoms with Gasteiger partial charge in [-0.2, -0.15) is 5.10 Å². The molecule has 3 rings (SSSR count). The molecule has 118 valence electrons. The molecule has 6 heteroatoms. The van der Waals surface area contributed by atoms with E-state index in [9.17, 15) is 4.79 Å². The Morgan fingerprint density at radius 1 is 1.32 bits per heavy atom. The number of thiophene rings is 1. The van der Waals surface area contributed by atoms with Gasteiger partial charge in [0.1, 0.15) is 0 Å². The van der Waals surface area contributed by atoms with Crippen molar-refractivity contribution in [1.29, 1.82) is 0 Å². The lowest BCUT2D eigenvalue weighted by molar-refractivity contribution is 0.0760. The predicted octanol–water partition coefficient (Wildman–Crippen LogP) is 2.14. The minimum Gasteiger partial charge on any atom is -0.337 e. The lowest BCUT2D eigenvalue weighted by Crippen LogP contribution is -2.35. The van der Waals surface area contributed by atoms with Gasteiger partial charge in [0.25, 0.3) is 5.91 Å². The molecule has 1 saturated heterocycles. The second-order valence-electron chi connectivity index (χ2n) is 5.77. The normalized spacial score (nSPS) is 16.7. The summed E-state index contributed by atoms with van der Waals surface area (Å²) in [5.74, 6) is 0.114. The molecule has 0 radical (unpaired) electrons. The highest BCUT2D eigenvalue weighted by Crippen LogP contribution is 2.16. The van der Waals surface area contributed by atoms with Crippen LogP contribution in [0.2, 0.25) is 0 Å². The zero-order chi connectivity index (χ0) is 15.5. The summed E-state index contributed by atoms with van der Waals surface area (Å²) in [6, 6.07) is 4.27. The molecule has 1 aliphatic rings. The Bertz CT molecular complexity index is 635. The van der Waals surface area contributed by atoms with E-state index in [1.165, 1.54) is 4.88 Å². The molecule has 22 heavy (non-hydrogen) atoms. The van der Waals surface area contributed by atoms with E-state index in [1.807, 2.05) is 18.9 Å². The van der Waals surface area contributed by atoms with Gasteiger partial charge in [0.05, 0.1) is 11.8 Å². The molecule has 5 nitrogen and oxygen atoms in total. The van der Waals surface area contributed by atoms with Crippen molar-refractivity contribution in [2.45, 2.75) is 19.9 Å². The second kappa shape index (κ2) is 6.62. The molecule has 2 aromatic heterocycles. The van der Waals surface area contributed by atoms with Crippen LogP contribution in [0.5, 0.6) is 0 Å². The summed E-state index contributed by atoms with van der Waals surface area (Å²) >= 11 is 1.80. The maximum atomic E-state index is 12.7. The number of hydrogen-bond acceptors (Lipinski definition) is 4. The monoisotopic (exact) mass is 318 g/mol. The second-order valence-corrected chi connectivity index (χ2v) is 6.80. The number of hydrogen-bond donors (Lipinski definition) is 0. The Kier molecular flexibility index (Phi) is 4.59. The maximum absolute atomic E-state index is 12.7. The molecule has 3 heterocycles. The van der Waals surface area contributed by atoms with Gasteiger partial charge in [0.15, 0.2) is 0 Å². The lowest BCUT2D eigenvalue weighted by atomic mass is 10.2. The zero-order valence-corrected chi connectivity index (χ0v) is 14.0. The fourth-order valence-corrected chi connectivity index (χ4v) is 3.58. The highest BCUT2D eigenvalue weighted by Gasteiger charge is 2.23. The van der Waals surface area contributed by atoms with Crippen molar-refractivity contribution < 1.29 is 4.79 Å². The summed E-state index contributed by atoms with van der Waals surface area (Å²) in [5, 5.41) is 6.30. The number of carbonyl (C=O) groups excluding carboxylic acids is 1.